The molecule has 0 saturated heterocycles. The Kier molecular flexibility index (Phi) is 8.65. The number of nitrogens with one attached hydrogen (secondary N) is 3. The summed E-state index contributed by atoms with van der Waals surface area (Å²) in [7, 11) is -7.71. The zero-order chi connectivity index (χ0) is 24.1. The largest absolute Gasteiger partial charge is 0.358 e. The van der Waals surface area contributed by atoms with Gasteiger partial charge in [0.1, 0.15) is 0 Å². The molecule has 0 aliphatic rings. The molecule has 180 valence electrons. The molecule has 0 aliphatic heterocycles. The number of fused-ring (bicyclic) bond motifs is 1. The third kappa shape index (κ3) is 6.40. The monoisotopic (exact) mass is 532 g/mol. The van der Waals surface area contributed by atoms with Gasteiger partial charge >= 0.3 is 0 Å². The van der Waals surface area contributed by atoms with Crippen LogP contribution in [0.3, 0.4) is 0 Å². The van der Waals surface area contributed by atoms with Crippen molar-refractivity contribution in [2.45, 2.75) is 41.9 Å². The Balaban J connectivity index is 1.67. The highest BCUT2D eigenvalue weighted by atomic mass is 35.5. The molecule has 0 bridgehead atoms. The summed E-state index contributed by atoms with van der Waals surface area (Å²) in [6.07, 6.45) is 6.16. The first-order valence-electron chi connectivity index (χ1n) is 10.4. The van der Waals surface area contributed by atoms with Crippen molar-refractivity contribution < 1.29 is 16.8 Å². The molecule has 3 aromatic rings. The van der Waals surface area contributed by atoms with E-state index in [4.69, 9.17) is 28.9 Å². The molecule has 3 rings (SSSR count). The van der Waals surface area contributed by atoms with E-state index in [2.05, 4.69) is 14.4 Å². The van der Waals surface area contributed by atoms with Gasteiger partial charge in [-0.25, -0.2) is 21.6 Å². The fraction of sp³-hybridized carbons (Fsp3) is 0.333. The second kappa shape index (κ2) is 11.1. The quantitative estimate of drug-likeness (QED) is 0.255. The van der Waals surface area contributed by atoms with Gasteiger partial charge in [0.05, 0.1) is 31.0 Å². The maximum Gasteiger partial charge on any atom is 0.261 e. The number of sulfonamides is 2. The Bertz CT molecular complexity index is 1310. The van der Waals surface area contributed by atoms with E-state index in [1.165, 1.54) is 36.5 Å². The molecule has 0 aliphatic carbocycles. The van der Waals surface area contributed by atoms with Crippen LogP contribution in [0.4, 0.5) is 5.69 Å². The smallest absolute Gasteiger partial charge is 0.261 e. The van der Waals surface area contributed by atoms with E-state index in [0.29, 0.717) is 34.0 Å². The van der Waals surface area contributed by atoms with Crippen LogP contribution in [-0.4, -0.2) is 34.9 Å². The highest BCUT2D eigenvalue weighted by Crippen LogP contribution is 2.35. The Morgan fingerprint density at radius 3 is 2.06 bits per heavy atom. The van der Waals surface area contributed by atoms with Gasteiger partial charge in [0.2, 0.25) is 10.0 Å². The lowest BCUT2D eigenvalue weighted by atomic mass is 10.1. The van der Waals surface area contributed by atoms with Crippen LogP contribution in [0.15, 0.2) is 52.4 Å². The van der Waals surface area contributed by atoms with Crippen LogP contribution < -0.4 is 15.2 Å². The maximum absolute atomic E-state index is 12.9. The summed E-state index contributed by atoms with van der Waals surface area (Å²) in [5.74, 6) is 0. The van der Waals surface area contributed by atoms with Crippen molar-refractivity contribution in [1.82, 2.24) is 9.71 Å². The number of hydrogen-bond donors (Lipinski definition) is 4. The molecular weight excluding hydrogens is 507 g/mol. The van der Waals surface area contributed by atoms with E-state index in [0.717, 1.165) is 32.1 Å². The second-order valence-electron chi connectivity index (χ2n) is 7.51. The normalized spacial score (nSPS) is 12.3. The summed E-state index contributed by atoms with van der Waals surface area (Å²) in [5.41, 5.74) is 6.17. The number of nitrogens with two attached hydrogens (primary N) is 1. The van der Waals surface area contributed by atoms with Crippen LogP contribution in [0.25, 0.3) is 10.9 Å². The zero-order valence-electron chi connectivity index (χ0n) is 17.8. The summed E-state index contributed by atoms with van der Waals surface area (Å²) < 4.78 is 55.7. The molecule has 0 radical (unpaired) electrons. The third-order valence-electron chi connectivity index (χ3n) is 5.10. The van der Waals surface area contributed by atoms with Crippen molar-refractivity contribution in [3.63, 3.8) is 0 Å². The van der Waals surface area contributed by atoms with Gasteiger partial charge in [0.15, 0.2) is 0 Å². The van der Waals surface area contributed by atoms with E-state index in [1.807, 2.05) is 0 Å². The Hall–Kier alpha value is -1.82. The molecule has 0 saturated carbocycles. The van der Waals surface area contributed by atoms with Gasteiger partial charge in [0.25, 0.3) is 10.0 Å². The summed E-state index contributed by atoms with van der Waals surface area (Å²) in [6, 6.07) is 8.09. The van der Waals surface area contributed by atoms with Crippen LogP contribution in [0.1, 0.15) is 32.1 Å². The maximum atomic E-state index is 12.9. The first kappa shape index (κ1) is 25.8. The number of aromatic nitrogens is 1. The van der Waals surface area contributed by atoms with Gasteiger partial charge in [-0.2, -0.15) is 0 Å². The number of rotatable bonds is 12. The van der Waals surface area contributed by atoms with Crippen LogP contribution >= 0.6 is 23.2 Å². The van der Waals surface area contributed by atoms with Gasteiger partial charge in [-0.3, -0.25) is 4.72 Å². The van der Waals surface area contributed by atoms with Crippen LogP contribution in [-0.2, 0) is 20.0 Å². The van der Waals surface area contributed by atoms with Crippen LogP contribution in [0.2, 0.25) is 10.0 Å². The molecule has 1 aromatic heterocycles. The molecule has 33 heavy (non-hydrogen) atoms. The number of halogens is 2. The third-order valence-corrected chi connectivity index (χ3v) is 8.57. The van der Waals surface area contributed by atoms with Crippen molar-refractivity contribution in [2.75, 3.05) is 17.8 Å². The van der Waals surface area contributed by atoms with Gasteiger partial charge in [-0.1, -0.05) is 42.5 Å². The van der Waals surface area contributed by atoms with Gasteiger partial charge in [0, 0.05) is 18.1 Å². The summed E-state index contributed by atoms with van der Waals surface area (Å²) in [6.45, 7) is 0.982. The Morgan fingerprint density at radius 2 is 1.39 bits per heavy atom. The van der Waals surface area contributed by atoms with E-state index in [9.17, 15) is 16.8 Å². The van der Waals surface area contributed by atoms with Gasteiger partial charge < -0.3 is 10.7 Å². The standard InChI is InChI=1S/C21H26Cl2N4O4S2/c22-17-10-11-19(21-20(17)18(23)14-25-21)27-33(30,31)16-8-6-15(7-9-16)32(28,29)26-13-5-3-1-2-4-12-24/h6-11,14,25-27H,1-5,12-13,24H2. The molecule has 0 spiro atoms. The molecule has 0 fully saturated rings. The van der Waals surface area contributed by atoms with Crippen molar-refractivity contribution in [2.24, 2.45) is 5.73 Å². The summed E-state index contributed by atoms with van der Waals surface area (Å²) >= 11 is 12.3. The minimum Gasteiger partial charge on any atom is -0.358 e. The number of unbranched alkanes of at least 4 members (excludes halogenated alkanes) is 4. The van der Waals surface area contributed by atoms with Crippen molar-refractivity contribution in [3.05, 3.63) is 52.6 Å². The first-order chi connectivity index (χ1) is 15.7. The molecular formula is C21H26Cl2N4O4S2. The average molecular weight is 534 g/mol. The van der Waals surface area contributed by atoms with Crippen molar-refractivity contribution >= 4 is 59.8 Å². The number of anilines is 1. The minimum absolute atomic E-state index is 0.00499. The van der Waals surface area contributed by atoms with E-state index in [-0.39, 0.29) is 15.5 Å². The number of H-pyrrole nitrogens is 1. The van der Waals surface area contributed by atoms with Gasteiger partial charge in [-0.05, 0) is 55.8 Å². The lowest BCUT2D eigenvalue weighted by Gasteiger charge is -2.11. The highest BCUT2D eigenvalue weighted by Gasteiger charge is 2.20. The number of benzene rings is 2. The Morgan fingerprint density at radius 1 is 0.788 bits per heavy atom. The van der Waals surface area contributed by atoms with Crippen LogP contribution in [0.5, 0.6) is 0 Å². The predicted octanol–water partition coefficient (Wildman–Crippen LogP) is 4.46. The topological polar surface area (TPSA) is 134 Å². The molecule has 0 amide bonds. The molecule has 1 heterocycles. The summed E-state index contributed by atoms with van der Waals surface area (Å²) in [5, 5.41) is 1.26. The molecule has 12 heteroatoms. The fourth-order valence-electron chi connectivity index (χ4n) is 3.34. The van der Waals surface area contributed by atoms with Crippen LogP contribution in [0, 0.1) is 0 Å². The van der Waals surface area contributed by atoms with Crippen molar-refractivity contribution in [3.8, 4) is 0 Å². The van der Waals surface area contributed by atoms with E-state index >= 15 is 0 Å². The Labute approximate surface area is 204 Å². The number of hydrogen-bond acceptors (Lipinski definition) is 5. The summed E-state index contributed by atoms with van der Waals surface area (Å²) in [4.78, 5) is 2.82. The molecule has 8 nitrogen and oxygen atoms in total. The predicted molar refractivity (Wildman–Crippen MR) is 133 cm³/mol. The van der Waals surface area contributed by atoms with E-state index in [1.54, 1.807) is 6.07 Å². The average Bonchev–Trinajstić information content (AvgIpc) is 3.18. The zero-order valence-corrected chi connectivity index (χ0v) is 20.9. The van der Waals surface area contributed by atoms with Crippen molar-refractivity contribution in [1.29, 1.82) is 0 Å². The second-order valence-corrected chi connectivity index (χ2v) is 11.8. The lowest BCUT2D eigenvalue weighted by Crippen LogP contribution is -2.25. The minimum atomic E-state index is -3.98. The fourth-order valence-corrected chi connectivity index (χ4v) is 6.05. The number of aromatic amines is 1. The molecule has 0 atom stereocenters. The first-order valence-corrected chi connectivity index (χ1v) is 14.2. The van der Waals surface area contributed by atoms with Gasteiger partial charge in [-0.15, -0.1) is 0 Å². The molecule has 2 aromatic carbocycles. The molecule has 5 N–H and O–H groups in total. The lowest BCUT2D eigenvalue weighted by molar-refractivity contribution is 0.569. The highest BCUT2D eigenvalue weighted by molar-refractivity contribution is 7.92. The molecule has 0 unspecified atom stereocenters. The van der Waals surface area contributed by atoms with E-state index < -0.39 is 20.0 Å². The SMILES string of the molecule is NCCCCCCCNS(=O)(=O)c1ccc(S(=O)(=O)Nc2ccc(Cl)c3c(Cl)c[nH]c23)cc1.